The smallest absolute Gasteiger partial charge is 0.324 e. The number of carbonyl (C=O) groups is 5. The third-order valence-electron chi connectivity index (χ3n) is 5.43. The third-order valence-corrected chi connectivity index (χ3v) is 6.10. The van der Waals surface area contributed by atoms with E-state index in [2.05, 4.69) is 24.4 Å². The van der Waals surface area contributed by atoms with E-state index in [0.29, 0.717) is 71.2 Å². The van der Waals surface area contributed by atoms with Crippen molar-refractivity contribution in [3.8, 4) is 0 Å². The van der Waals surface area contributed by atoms with Crippen LogP contribution in [0.5, 0.6) is 0 Å². The number of methoxy groups -OCH3 is 3. The number of halogens is 2. The molecule has 0 aromatic carbocycles. The third kappa shape index (κ3) is 23.4. The van der Waals surface area contributed by atoms with Gasteiger partial charge in [0.1, 0.15) is 18.1 Å². The van der Waals surface area contributed by atoms with Gasteiger partial charge in [0.15, 0.2) is 0 Å². The Hall–Kier alpha value is -2.19. The Morgan fingerprint density at radius 2 is 1.14 bits per heavy atom. The zero-order valence-corrected chi connectivity index (χ0v) is 27.8. The molecule has 0 rings (SSSR count). The quantitative estimate of drug-likeness (QED) is 0.0911. The van der Waals surface area contributed by atoms with Crippen LogP contribution in [0.2, 0.25) is 0 Å². The number of nitrogens with one attached hydrogen (secondary N) is 2. The lowest BCUT2D eigenvalue weighted by atomic mass is 10.2. The van der Waals surface area contributed by atoms with Crippen LogP contribution < -0.4 is 10.2 Å². The molecule has 0 radical (unpaired) electrons. The molecule has 0 fully saturated rings. The molecule has 248 valence electrons. The first kappa shape index (κ1) is 44.3. The number of ether oxygens (including phenoxy) is 5. The molecule has 3 atom stereocenters. The maximum Gasteiger partial charge on any atom is 0.324 e. The maximum atomic E-state index is 11.3. The van der Waals surface area contributed by atoms with Crippen molar-refractivity contribution in [2.24, 2.45) is 0 Å². The summed E-state index contributed by atoms with van der Waals surface area (Å²) in [6, 6.07) is -1.13. The fourth-order valence-corrected chi connectivity index (χ4v) is 3.67. The molecule has 0 aromatic rings. The molecule has 13 nitrogen and oxygen atoms in total. The number of carbonyl (C=O) groups excluding carboxylic acids is 5. The summed E-state index contributed by atoms with van der Waals surface area (Å²) in [6.07, 6.45) is 3.76. The Bertz CT molecular complexity index is 743. The summed E-state index contributed by atoms with van der Waals surface area (Å²) in [6.45, 7) is 11.0. The average Bonchev–Trinajstić information content (AvgIpc) is 2.98. The van der Waals surface area contributed by atoms with E-state index in [-0.39, 0.29) is 41.9 Å². The summed E-state index contributed by atoms with van der Waals surface area (Å²) in [5.41, 5.74) is 0. The molecule has 0 bridgehead atoms. The molecule has 0 aliphatic heterocycles. The molecule has 0 aromatic heterocycles. The number of rotatable bonds is 19. The van der Waals surface area contributed by atoms with Crippen LogP contribution in [0.4, 0.5) is 0 Å². The Labute approximate surface area is 260 Å². The number of hydrogen-bond acceptors (Lipinski definition) is 13. The van der Waals surface area contributed by atoms with Crippen LogP contribution in [0.15, 0.2) is 0 Å². The van der Waals surface area contributed by atoms with Gasteiger partial charge in [-0.1, -0.05) is 20.8 Å². The van der Waals surface area contributed by atoms with E-state index in [1.54, 1.807) is 13.8 Å². The summed E-state index contributed by atoms with van der Waals surface area (Å²) >= 11 is 11.2. The van der Waals surface area contributed by atoms with Crippen LogP contribution in [0.3, 0.4) is 0 Å². The standard InChI is InChI=1S/C11H20ClNO4.C11H21NO4.C5H10ClNO2/c1-4-9(11(15)16-3)13(12)8-6-7-10(14)17-5-2;1-4-9(11(14)15-3)12-8-6-7-10(13)16-5-2;1-3-4(7-6)5(8)9-2/h9H,4-8H2,1-3H3;9,12H,4-8H2,1-3H3;4,7H,3H2,1-2H3/t2*9-;4-/m000/s1. The Morgan fingerprint density at radius 1 is 0.690 bits per heavy atom. The van der Waals surface area contributed by atoms with Crippen molar-refractivity contribution in [1.82, 2.24) is 14.6 Å². The summed E-state index contributed by atoms with van der Waals surface area (Å²) in [7, 11) is 4.03. The van der Waals surface area contributed by atoms with Crippen molar-refractivity contribution in [3.63, 3.8) is 0 Å². The van der Waals surface area contributed by atoms with Gasteiger partial charge in [-0.25, -0.2) is 9.25 Å². The van der Waals surface area contributed by atoms with E-state index in [1.807, 2.05) is 20.8 Å². The lowest BCUT2D eigenvalue weighted by molar-refractivity contribution is -0.146. The highest BCUT2D eigenvalue weighted by molar-refractivity contribution is 6.15. The molecular weight excluding hydrogens is 597 g/mol. The highest BCUT2D eigenvalue weighted by Crippen LogP contribution is 2.11. The van der Waals surface area contributed by atoms with Gasteiger partial charge in [-0.2, -0.15) is 0 Å². The molecule has 0 saturated carbocycles. The average molecular weight is 649 g/mol. The molecular formula is C27H51Cl2N3O10. The minimum atomic E-state index is -0.469. The van der Waals surface area contributed by atoms with Crippen molar-refractivity contribution in [2.45, 2.75) is 97.7 Å². The van der Waals surface area contributed by atoms with Gasteiger partial charge >= 0.3 is 29.8 Å². The predicted molar refractivity (Wildman–Crippen MR) is 160 cm³/mol. The molecule has 42 heavy (non-hydrogen) atoms. The lowest BCUT2D eigenvalue weighted by Crippen LogP contribution is -2.37. The Kier molecular flexibility index (Phi) is 31.9. The van der Waals surface area contributed by atoms with E-state index in [4.69, 9.17) is 33.0 Å². The van der Waals surface area contributed by atoms with Crippen molar-refractivity contribution >= 4 is 53.4 Å². The van der Waals surface area contributed by atoms with E-state index in [1.165, 1.54) is 25.7 Å². The first-order valence-electron chi connectivity index (χ1n) is 14.0. The van der Waals surface area contributed by atoms with E-state index in [0.717, 1.165) is 0 Å². The summed E-state index contributed by atoms with van der Waals surface area (Å²) < 4.78 is 24.6. The Morgan fingerprint density at radius 3 is 1.50 bits per heavy atom. The van der Waals surface area contributed by atoms with Crippen LogP contribution in [0.1, 0.15) is 79.6 Å². The lowest BCUT2D eigenvalue weighted by Gasteiger charge is -2.21. The van der Waals surface area contributed by atoms with Gasteiger partial charge in [-0.3, -0.25) is 24.0 Å². The van der Waals surface area contributed by atoms with E-state index in [9.17, 15) is 24.0 Å². The van der Waals surface area contributed by atoms with Crippen LogP contribution in [0.25, 0.3) is 0 Å². The Balaban J connectivity index is -0.000000569. The summed E-state index contributed by atoms with van der Waals surface area (Å²) in [4.78, 5) is 57.5. The molecule has 2 N–H and O–H groups in total. The SMILES string of the molecule is CCOC(=O)CCCN(Cl)[C@@H](CC)C(=O)OC.CCOC(=O)CCCN[C@@H](CC)C(=O)OC.CC[C@H](NCl)C(=O)OC. The van der Waals surface area contributed by atoms with E-state index >= 15 is 0 Å². The van der Waals surface area contributed by atoms with Crippen molar-refractivity contribution < 1.29 is 47.7 Å². The molecule has 15 heteroatoms. The zero-order chi connectivity index (χ0) is 32.9. The van der Waals surface area contributed by atoms with Crippen molar-refractivity contribution in [1.29, 1.82) is 0 Å². The number of nitrogens with zero attached hydrogens (tertiary/aromatic N) is 1. The fourth-order valence-electron chi connectivity index (χ4n) is 3.09. The molecule has 0 unspecified atom stereocenters. The van der Waals surface area contributed by atoms with Crippen LogP contribution in [0, 0.1) is 0 Å². The van der Waals surface area contributed by atoms with Crippen LogP contribution in [-0.2, 0) is 47.7 Å². The second-order valence-electron chi connectivity index (χ2n) is 8.42. The van der Waals surface area contributed by atoms with E-state index < -0.39 is 6.04 Å². The number of esters is 5. The predicted octanol–water partition coefficient (Wildman–Crippen LogP) is 3.29. The zero-order valence-electron chi connectivity index (χ0n) is 26.3. The van der Waals surface area contributed by atoms with Gasteiger partial charge < -0.3 is 29.0 Å². The largest absolute Gasteiger partial charge is 0.468 e. The molecule has 0 heterocycles. The maximum absolute atomic E-state index is 11.3. The highest BCUT2D eigenvalue weighted by Gasteiger charge is 2.23. The van der Waals surface area contributed by atoms with Crippen molar-refractivity contribution in [2.75, 3.05) is 47.6 Å². The van der Waals surface area contributed by atoms with Crippen molar-refractivity contribution in [3.05, 3.63) is 0 Å². The van der Waals surface area contributed by atoms with Gasteiger partial charge in [0.05, 0.1) is 34.5 Å². The fraction of sp³-hybridized carbons (Fsp3) is 0.815. The normalized spacial score (nSPS) is 12.3. The van der Waals surface area contributed by atoms with Gasteiger partial charge in [0, 0.05) is 19.4 Å². The second kappa shape index (κ2) is 30.3. The molecule has 0 aliphatic rings. The first-order chi connectivity index (χ1) is 20.0. The molecule has 0 amide bonds. The van der Waals surface area contributed by atoms with Crippen LogP contribution in [-0.4, -0.2) is 100 Å². The molecule has 0 aliphatic carbocycles. The number of hydrogen-bond donors (Lipinski definition) is 2. The van der Waals surface area contributed by atoms with Gasteiger partial charge in [0.2, 0.25) is 0 Å². The first-order valence-corrected chi connectivity index (χ1v) is 14.8. The monoisotopic (exact) mass is 647 g/mol. The summed E-state index contributed by atoms with van der Waals surface area (Å²) in [5.74, 6) is -1.40. The van der Waals surface area contributed by atoms with Gasteiger partial charge in [0.25, 0.3) is 0 Å². The van der Waals surface area contributed by atoms with Gasteiger partial charge in [-0.15, -0.1) is 0 Å². The minimum Gasteiger partial charge on any atom is -0.468 e. The molecule has 0 saturated heterocycles. The van der Waals surface area contributed by atoms with Crippen LogP contribution >= 0.6 is 23.6 Å². The summed E-state index contributed by atoms with van der Waals surface area (Å²) in [5, 5.41) is 3.04. The second-order valence-corrected chi connectivity index (χ2v) is 9.07. The van der Waals surface area contributed by atoms with Gasteiger partial charge in [-0.05, 0) is 76.0 Å². The molecule has 0 spiro atoms. The topological polar surface area (TPSA) is 159 Å². The minimum absolute atomic E-state index is 0.199. The highest BCUT2D eigenvalue weighted by atomic mass is 35.5.